The molecule has 1 aromatic carbocycles. The van der Waals surface area contributed by atoms with Gasteiger partial charge in [-0.3, -0.25) is 5.11 Å². The van der Waals surface area contributed by atoms with Crippen LogP contribution in [0.3, 0.4) is 0 Å². The van der Waals surface area contributed by atoms with E-state index in [-0.39, 0.29) is 0 Å². The van der Waals surface area contributed by atoms with Gasteiger partial charge in [-0.05, 0) is 18.2 Å². The Balaban J connectivity index is 3.24. The van der Waals surface area contributed by atoms with Crippen molar-refractivity contribution < 1.29 is 18.3 Å². The molecule has 2 nitrogen and oxygen atoms in total. The van der Waals surface area contributed by atoms with Gasteiger partial charge in [-0.15, -0.1) is 0 Å². The van der Waals surface area contributed by atoms with E-state index in [0.717, 1.165) is 6.07 Å². The van der Waals surface area contributed by atoms with Crippen molar-refractivity contribution in [2.45, 2.75) is 6.18 Å². The molecule has 0 aromatic heterocycles. The quantitative estimate of drug-likeness (QED) is 0.614. The lowest BCUT2D eigenvalue weighted by molar-refractivity contribution is -0.137. The molecule has 0 amide bonds. The van der Waals surface area contributed by atoms with E-state index < -0.39 is 23.1 Å². The number of nitrogens with zero attached hydrogens (tertiary/aromatic N) is 1. The summed E-state index contributed by atoms with van der Waals surface area (Å²) in [7, 11) is 0. The van der Waals surface area contributed by atoms with Crippen LogP contribution in [-0.2, 0) is 11.3 Å². The molecule has 0 spiro atoms. The molecule has 0 unspecified atom stereocenters. The first-order valence-corrected chi connectivity index (χ1v) is 3.23. The van der Waals surface area contributed by atoms with Crippen LogP contribution in [0, 0.1) is 11.3 Å². The van der Waals surface area contributed by atoms with E-state index in [9.17, 15) is 18.3 Å². The van der Waals surface area contributed by atoms with Gasteiger partial charge in [0, 0.05) is 0 Å². The normalized spacial score (nSPS) is 10.9. The Labute approximate surface area is 71.8 Å². The van der Waals surface area contributed by atoms with Crippen molar-refractivity contribution in [3.05, 3.63) is 29.3 Å². The number of alkyl halides is 3. The predicted octanol–water partition coefficient (Wildman–Crippen LogP) is 2.72. The fourth-order valence-electron chi connectivity index (χ4n) is 0.794. The Kier molecular flexibility index (Phi) is 2.15. The van der Waals surface area contributed by atoms with Crippen molar-refractivity contribution in [3.63, 3.8) is 0 Å². The number of nitriles is 1. The Morgan fingerprint density at radius 1 is 1.31 bits per heavy atom. The maximum Gasteiger partial charge on any atom is 0.416 e. The molecule has 0 saturated carbocycles. The van der Waals surface area contributed by atoms with Crippen LogP contribution in [0.2, 0.25) is 0 Å². The minimum atomic E-state index is -4.51. The maximum atomic E-state index is 12.0. The fraction of sp³-hybridized carbons (Fsp3) is 0.125. The molecule has 0 atom stereocenters. The van der Waals surface area contributed by atoms with Crippen LogP contribution in [0.1, 0.15) is 11.1 Å². The van der Waals surface area contributed by atoms with Gasteiger partial charge < -0.3 is 0 Å². The summed E-state index contributed by atoms with van der Waals surface area (Å²) >= 11 is 0. The van der Waals surface area contributed by atoms with Crippen molar-refractivity contribution in [2.24, 2.45) is 0 Å². The van der Waals surface area contributed by atoms with Gasteiger partial charge in [0.05, 0.1) is 11.1 Å². The summed E-state index contributed by atoms with van der Waals surface area (Å²) in [6.45, 7) is 0. The average Bonchev–Trinajstić information content (AvgIpc) is 2.03. The predicted molar refractivity (Wildman–Crippen MR) is 36.3 cm³/mol. The molecule has 1 radical (unpaired) electrons. The van der Waals surface area contributed by atoms with Gasteiger partial charge in [-0.2, -0.15) is 18.4 Å². The van der Waals surface area contributed by atoms with Crippen LogP contribution in [0.4, 0.5) is 13.2 Å². The van der Waals surface area contributed by atoms with E-state index in [2.05, 4.69) is 0 Å². The molecule has 13 heavy (non-hydrogen) atoms. The van der Waals surface area contributed by atoms with Gasteiger partial charge in [0.25, 0.3) is 0 Å². The molecule has 5 heteroatoms. The van der Waals surface area contributed by atoms with Crippen LogP contribution < -0.4 is 0 Å². The van der Waals surface area contributed by atoms with E-state index in [1.807, 2.05) is 0 Å². The van der Waals surface area contributed by atoms with Crippen LogP contribution in [-0.4, -0.2) is 0 Å². The molecule has 67 valence electrons. The standard InChI is InChI=1S/C8H3F3NO/c9-8(10,11)6-1-2-7(13)5(3-6)4-12/h1-3H. The van der Waals surface area contributed by atoms with Crippen molar-refractivity contribution in [2.75, 3.05) is 0 Å². The Hall–Kier alpha value is -1.70. The molecular formula is C8H3F3NO. The van der Waals surface area contributed by atoms with Gasteiger partial charge >= 0.3 is 6.18 Å². The second kappa shape index (κ2) is 2.98. The lowest BCUT2D eigenvalue weighted by Gasteiger charge is -2.05. The minimum absolute atomic E-state index is 0.491. The third-order valence-electron chi connectivity index (χ3n) is 1.43. The van der Waals surface area contributed by atoms with Crippen molar-refractivity contribution >= 4 is 0 Å². The van der Waals surface area contributed by atoms with Crippen LogP contribution in [0.5, 0.6) is 5.75 Å². The molecule has 0 aliphatic rings. The highest BCUT2D eigenvalue weighted by Gasteiger charge is 2.31. The molecule has 0 N–H and O–H groups in total. The number of rotatable bonds is 0. The molecule has 0 saturated heterocycles. The van der Waals surface area contributed by atoms with E-state index in [1.54, 1.807) is 0 Å². The third-order valence-corrected chi connectivity index (χ3v) is 1.43. The zero-order chi connectivity index (χ0) is 10.1. The van der Waals surface area contributed by atoms with Crippen molar-refractivity contribution in [1.29, 1.82) is 5.26 Å². The first kappa shape index (κ1) is 9.39. The minimum Gasteiger partial charge on any atom is -0.288 e. The lowest BCUT2D eigenvalue weighted by Crippen LogP contribution is -2.04. The van der Waals surface area contributed by atoms with E-state index in [4.69, 9.17) is 5.26 Å². The molecule has 0 bridgehead atoms. The molecule has 1 rings (SSSR count). The van der Waals surface area contributed by atoms with E-state index >= 15 is 0 Å². The van der Waals surface area contributed by atoms with Gasteiger partial charge in [-0.25, -0.2) is 0 Å². The first-order chi connectivity index (χ1) is 5.95. The highest BCUT2D eigenvalue weighted by molar-refractivity contribution is 5.44. The van der Waals surface area contributed by atoms with Gasteiger partial charge in [0.1, 0.15) is 6.07 Å². The Morgan fingerprint density at radius 3 is 2.38 bits per heavy atom. The zero-order valence-corrected chi connectivity index (χ0v) is 6.22. The number of benzene rings is 1. The summed E-state index contributed by atoms with van der Waals surface area (Å²) in [6.07, 6.45) is -4.51. The van der Waals surface area contributed by atoms with Crippen molar-refractivity contribution in [3.8, 4) is 11.8 Å². The summed E-state index contributed by atoms with van der Waals surface area (Å²) in [5.41, 5.74) is -1.47. The van der Waals surface area contributed by atoms with Gasteiger partial charge in [0.2, 0.25) is 0 Å². The topological polar surface area (TPSA) is 43.7 Å². The fourth-order valence-corrected chi connectivity index (χ4v) is 0.794. The lowest BCUT2D eigenvalue weighted by atomic mass is 10.1. The van der Waals surface area contributed by atoms with E-state index in [1.165, 1.54) is 6.07 Å². The third kappa shape index (κ3) is 1.90. The second-order valence-electron chi connectivity index (χ2n) is 2.32. The van der Waals surface area contributed by atoms with Crippen LogP contribution in [0.25, 0.3) is 0 Å². The smallest absolute Gasteiger partial charge is 0.288 e. The van der Waals surface area contributed by atoms with Gasteiger partial charge in [0.15, 0.2) is 5.75 Å². The average molecular weight is 186 g/mol. The van der Waals surface area contributed by atoms with Gasteiger partial charge in [-0.1, -0.05) is 0 Å². The van der Waals surface area contributed by atoms with E-state index in [0.29, 0.717) is 12.1 Å². The summed E-state index contributed by atoms with van der Waals surface area (Å²) in [4.78, 5) is 0. The highest BCUT2D eigenvalue weighted by atomic mass is 19.4. The van der Waals surface area contributed by atoms with Crippen LogP contribution >= 0.6 is 0 Å². The molecule has 0 aliphatic heterocycles. The molecule has 1 aromatic rings. The molecular weight excluding hydrogens is 183 g/mol. The first-order valence-electron chi connectivity index (χ1n) is 3.23. The maximum absolute atomic E-state index is 12.0. The van der Waals surface area contributed by atoms with Crippen LogP contribution in [0.15, 0.2) is 18.2 Å². The second-order valence-corrected chi connectivity index (χ2v) is 2.32. The summed E-state index contributed by atoms with van der Waals surface area (Å²) < 4.78 is 36.1. The summed E-state index contributed by atoms with van der Waals surface area (Å²) in [5, 5.41) is 19.0. The molecule has 0 fully saturated rings. The molecule has 0 aliphatic carbocycles. The monoisotopic (exact) mass is 186 g/mol. The SMILES string of the molecule is N#Cc1cc(C(F)(F)F)ccc1[O]. The molecule has 0 heterocycles. The van der Waals surface area contributed by atoms with Crippen molar-refractivity contribution in [1.82, 2.24) is 0 Å². The number of hydrogen-bond donors (Lipinski definition) is 0. The highest BCUT2D eigenvalue weighted by Crippen LogP contribution is 2.31. The largest absolute Gasteiger partial charge is 0.416 e. The summed E-state index contributed by atoms with van der Waals surface area (Å²) in [6, 6.07) is 3.33. The summed E-state index contributed by atoms with van der Waals surface area (Å²) in [5.74, 6) is -0.699. The number of halogens is 3. The Bertz CT molecular complexity index is 365. The zero-order valence-electron chi connectivity index (χ0n) is 6.22. The Morgan fingerprint density at radius 2 is 1.92 bits per heavy atom. The number of hydrogen-bond acceptors (Lipinski definition) is 1.